The molecular formula is C20H20Br2N2O3. The Balaban J connectivity index is 0.000000244. The number of pyridine rings is 1. The minimum atomic E-state index is -0.599. The zero-order chi connectivity index (χ0) is 20.1. The van der Waals surface area contributed by atoms with Gasteiger partial charge in [-0.3, -0.25) is 4.79 Å². The van der Waals surface area contributed by atoms with E-state index < -0.39 is 5.97 Å². The second-order valence-electron chi connectivity index (χ2n) is 5.90. The fourth-order valence-electron chi connectivity index (χ4n) is 2.47. The molecule has 3 rings (SSSR count). The lowest BCUT2D eigenvalue weighted by Crippen LogP contribution is -2.18. The van der Waals surface area contributed by atoms with Crippen LogP contribution in [0.5, 0.6) is 0 Å². The molecule has 142 valence electrons. The van der Waals surface area contributed by atoms with Gasteiger partial charge in [0, 0.05) is 26.2 Å². The number of hydrogen-bond donors (Lipinski definition) is 2. The molecular weight excluding hydrogens is 476 g/mol. The molecule has 3 aromatic rings. The van der Waals surface area contributed by atoms with E-state index in [-0.39, 0.29) is 17.6 Å². The van der Waals surface area contributed by atoms with E-state index in [1.807, 2.05) is 38.1 Å². The largest absolute Gasteiger partial charge is 0.462 e. The minimum Gasteiger partial charge on any atom is -0.462 e. The SMILES string of the molecule is CCOC(=O)c1c[nH]c2c(C)cc(Br)cc2c1=O.Cc1cc(Br)ccc1N. The zero-order valence-corrected chi connectivity index (χ0v) is 18.4. The summed E-state index contributed by atoms with van der Waals surface area (Å²) in [7, 11) is 0. The van der Waals surface area contributed by atoms with Gasteiger partial charge in [0.15, 0.2) is 0 Å². The lowest BCUT2D eigenvalue weighted by atomic mass is 10.1. The van der Waals surface area contributed by atoms with Crippen molar-refractivity contribution in [3.63, 3.8) is 0 Å². The van der Waals surface area contributed by atoms with Crippen LogP contribution in [0.4, 0.5) is 5.69 Å². The first-order chi connectivity index (χ1) is 12.7. The van der Waals surface area contributed by atoms with E-state index in [1.165, 1.54) is 6.20 Å². The molecule has 3 N–H and O–H groups in total. The van der Waals surface area contributed by atoms with Gasteiger partial charge in [-0.1, -0.05) is 31.9 Å². The van der Waals surface area contributed by atoms with Crippen molar-refractivity contribution in [3.05, 3.63) is 72.4 Å². The average Bonchev–Trinajstić information content (AvgIpc) is 2.60. The molecule has 1 aromatic heterocycles. The van der Waals surface area contributed by atoms with Crippen LogP contribution in [0.15, 0.2) is 50.3 Å². The summed E-state index contributed by atoms with van der Waals surface area (Å²) >= 11 is 6.68. The van der Waals surface area contributed by atoms with Gasteiger partial charge in [0.25, 0.3) is 0 Å². The highest BCUT2D eigenvalue weighted by Crippen LogP contribution is 2.20. The van der Waals surface area contributed by atoms with Crippen LogP contribution in [0.3, 0.4) is 0 Å². The second kappa shape index (κ2) is 9.19. The summed E-state index contributed by atoms with van der Waals surface area (Å²) in [6.07, 6.45) is 1.41. The molecule has 0 aliphatic heterocycles. The van der Waals surface area contributed by atoms with Crippen molar-refractivity contribution in [2.45, 2.75) is 20.8 Å². The molecule has 0 fully saturated rings. The Kier molecular flexibility index (Phi) is 7.21. The normalized spacial score (nSPS) is 10.3. The number of anilines is 1. The van der Waals surface area contributed by atoms with Gasteiger partial charge in [0.05, 0.1) is 12.1 Å². The maximum Gasteiger partial charge on any atom is 0.343 e. The van der Waals surface area contributed by atoms with Gasteiger partial charge in [-0.25, -0.2) is 4.79 Å². The molecule has 0 radical (unpaired) electrons. The first-order valence-corrected chi connectivity index (χ1v) is 9.83. The van der Waals surface area contributed by atoms with Gasteiger partial charge in [-0.2, -0.15) is 0 Å². The smallest absolute Gasteiger partial charge is 0.343 e. The monoisotopic (exact) mass is 494 g/mol. The third kappa shape index (κ3) is 5.20. The number of nitrogens with two attached hydrogens (primary N) is 1. The Labute approximate surface area is 174 Å². The number of halogens is 2. The Morgan fingerprint density at radius 3 is 2.37 bits per heavy atom. The highest BCUT2D eigenvalue weighted by molar-refractivity contribution is 9.10. The third-order valence-electron chi connectivity index (χ3n) is 3.88. The van der Waals surface area contributed by atoms with Crippen LogP contribution in [-0.4, -0.2) is 17.6 Å². The fourth-order valence-corrected chi connectivity index (χ4v) is 3.52. The average molecular weight is 496 g/mol. The molecule has 0 aliphatic rings. The van der Waals surface area contributed by atoms with Gasteiger partial charge in [-0.05, 0) is 62.2 Å². The predicted molar refractivity (Wildman–Crippen MR) is 116 cm³/mol. The maximum atomic E-state index is 12.2. The molecule has 0 amide bonds. The number of hydrogen-bond acceptors (Lipinski definition) is 4. The van der Waals surface area contributed by atoms with Crippen LogP contribution in [0, 0.1) is 13.8 Å². The van der Waals surface area contributed by atoms with Crippen LogP contribution in [0.1, 0.15) is 28.4 Å². The highest BCUT2D eigenvalue weighted by Gasteiger charge is 2.14. The van der Waals surface area contributed by atoms with Crippen LogP contribution in [0.2, 0.25) is 0 Å². The number of carbonyl (C=O) groups is 1. The Morgan fingerprint density at radius 1 is 1.11 bits per heavy atom. The zero-order valence-electron chi connectivity index (χ0n) is 15.2. The van der Waals surface area contributed by atoms with Gasteiger partial charge in [0.1, 0.15) is 5.56 Å². The topological polar surface area (TPSA) is 85.2 Å². The first-order valence-electron chi connectivity index (χ1n) is 8.24. The van der Waals surface area contributed by atoms with E-state index in [0.717, 1.165) is 31.3 Å². The van der Waals surface area contributed by atoms with Crippen molar-refractivity contribution in [2.75, 3.05) is 12.3 Å². The third-order valence-corrected chi connectivity index (χ3v) is 4.83. The summed E-state index contributed by atoms with van der Waals surface area (Å²) in [6, 6.07) is 9.42. The lowest BCUT2D eigenvalue weighted by Gasteiger charge is -2.06. The quantitative estimate of drug-likeness (QED) is 0.382. The summed E-state index contributed by atoms with van der Waals surface area (Å²) in [5, 5.41) is 0.479. The number of carbonyl (C=O) groups excluding carboxylic acids is 1. The molecule has 2 aromatic carbocycles. The van der Waals surface area contributed by atoms with E-state index >= 15 is 0 Å². The predicted octanol–water partition coefficient (Wildman–Crippen LogP) is 5.12. The number of rotatable bonds is 2. The summed E-state index contributed by atoms with van der Waals surface area (Å²) in [5.74, 6) is -0.599. The molecule has 5 nitrogen and oxygen atoms in total. The van der Waals surface area contributed by atoms with Gasteiger partial charge < -0.3 is 15.5 Å². The van der Waals surface area contributed by atoms with E-state index in [4.69, 9.17) is 10.5 Å². The van der Waals surface area contributed by atoms with E-state index in [0.29, 0.717) is 5.39 Å². The molecule has 27 heavy (non-hydrogen) atoms. The molecule has 0 aliphatic carbocycles. The van der Waals surface area contributed by atoms with Crippen molar-refractivity contribution in [1.29, 1.82) is 0 Å². The van der Waals surface area contributed by atoms with E-state index in [1.54, 1.807) is 13.0 Å². The number of aromatic nitrogens is 1. The van der Waals surface area contributed by atoms with E-state index in [2.05, 4.69) is 36.8 Å². The standard InChI is InChI=1S/C13H12BrNO3.C7H8BrN/c1-3-18-13(17)10-6-15-11-7(2)4-8(14)5-9(11)12(10)16;1-5-4-6(8)2-3-7(5)9/h4-6H,3H2,1-2H3,(H,15,16);2-4H,9H2,1H3. The van der Waals surface area contributed by atoms with E-state index in [9.17, 15) is 9.59 Å². The number of ether oxygens (including phenoxy) is 1. The lowest BCUT2D eigenvalue weighted by molar-refractivity contribution is 0.0524. The number of nitrogens with one attached hydrogen (secondary N) is 1. The van der Waals surface area contributed by atoms with Gasteiger partial charge in [-0.15, -0.1) is 0 Å². The number of aryl methyl sites for hydroxylation is 2. The summed E-state index contributed by atoms with van der Waals surface area (Å²) < 4.78 is 6.73. The van der Waals surface area contributed by atoms with Crippen molar-refractivity contribution >= 4 is 54.4 Å². The van der Waals surface area contributed by atoms with Crippen LogP contribution in [0.25, 0.3) is 10.9 Å². The summed E-state index contributed by atoms with van der Waals surface area (Å²) in [4.78, 5) is 26.8. The molecule has 7 heteroatoms. The molecule has 0 saturated heterocycles. The van der Waals surface area contributed by atoms with Gasteiger partial charge in [0.2, 0.25) is 5.43 Å². The number of benzene rings is 2. The van der Waals surface area contributed by atoms with Crippen molar-refractivity contribution in [2.24, 2.45) is 0 Å². The Hall–Kier alpha value is -2.12. The molecule has 0 unspecified atom stereocenters. The number of nitrogen functional groups attached to an aromatic ring is 1. The molecule has 0 saturated carbocycles. The summed E-state index contributed by atoms with van der Waals surface area (Å²) in [6.45, 7) is 5.83. The molecule has 1 heterocycles. The highest BCUT2D eigenvalue weighted by atomic mass is 79.9. The molecule has 0 atom stereocenters. The van der Waals surface area contributed by atoms with Crippen molar-refractivity contribution < 1.29 is 9.53 Å². The van der Waals surface area contributed by atoms with Crippen molar-refractivity contribution in [1.82, 2.24) is 4.98 Å². The van der Waals surface area contributed by atoms with Gasteiger partial charge >= 0.3 is 5.97 Å². The minimum absolute atomic E-state index is 0.0295. The number of aromatic amines is 1. The molecule has 0 spiro atoms. The van der Waals surface area contributed by atoms with Crippen LogP contribution >= 0.6 is 31.9 Å². The number of fused-ring (bicyclic) bond motifs is 1. The fraction of sp³-hybridized carbons (Fsp3) is 0.200. The number of H-pyrrole nitrogens is 1. The molecule has 0 bridgehead atoms. The van der Waals surface area contributed by atoms with Crippen LogP contribution < -0.4 is 11.2 Å². The Bertz CT molecular complexity index is 1050. The van der Waals surface area contributed by atoms with Crippen molar-refractivity contribution in [3.8, 4) is 0 Å². The first kappa shape index (κ1) is 21.2. The van der Waals surface area contributed by atoms with Crippen LogP contribution in [-0.2, 0) is 4.74 Å². The maximum absolute atomic E-state index is 12.2. The Morgan fingerprint density at radius 2 is 1.78 bits per heavy atom. The number of esters is 1. The second-order valence-corrected chi connectivity index (χ2v) is 7.73. The summed E-state index contributed by atoms with van der Waals surface area (Å²) in [5.41, 5.74) is 8.91.